The summed E-state index contributed by atoms with van der Waals surface area (Å²) in [6.45, 7) is 0. The Kier molecular flexibility index (Phi) is 3.24. The summed E-state index contributed by atoms with van der Waals surface area (Å²) in [7, 11) is -4.29. The number of benzene rings is 3. The minimum atomic E-state index is -4.29. The van der Waals surface area contributed by atoms with Crippen LogP contribution >= 0.6 is 0 Å². The average Bonchev–Trinajstić information content (AvgIpc) is 2.85. The van der Waals surface area contributed by atoms with Crippen molar-refractivity contribution in [2.45, 2.75) is 4.90 Å². The first-order chi connectivity index (χ1) is 11.9. The topological polar surface area (TPSA) is 91.8 Å². The molecule has 0 aliphatic carbocycles. The quantitative estimate of drug-likeness (QED) is 0.565. The molecule has 0 saturated carbocycles. The van der Waals surface area contributed by atoms with Crippen molar-refractivity contribution < 1.29 is 22.6 Å². The molecule has 0 radical (unpaired) electrons. The molecule has 0 spiro atoms. The summed E-state index contributed by atoms with van der Waals surface area (Å²) in [6.07, 6.45) is 0. The number of rotatable bonds is 2. The van der Waals surface area contributed by atoms with Gasteiger partial charge >= 0.3 is 0 Å². The van der Waals surface area contributed by atoms with Crippen molar-refractivity contribution in [2.75, 3.05) is 4.90 Å². The van der Waals surface area contributed by atoms with Crippen LogP contribution < -0.4 is 4.90 Å². The number of carbonyl (C=O) groups excluding carboxylic acids is 2. The van der Waals surface area contributed by atoms with Crippen LogP contribution in [0.3, 0.4) is 0 Å². The van der Waals surface area contributed by atoms with Crippen LogP contribution in [-0.4, -0.2) is 24.8 Å². The van der Waals surface area contributed by atoms with Gasteiger partial charge in [-0.2, -0.15) is 8.42 Å². The first-order valence-corrected chi connectivity index (χ1v) is 8.79. The van der Waals surface area contributed by atoms with Gasteiger partial charge in [-0.3, -0.25) is 14.1 Å². The van der Waals surface area contributed by atoms with Crippen LogP contribution in [0.25, 0.3) is 10.8 Å². The Balaban J connectivity index is 1.81. The number of hydrogen-bond acceptors (Lipinski definition) is 4. The second-order valence-corrected chi connectivity index (χ2v) is 7.08. The third-order valence-electron chi connectivity index (χ3n) is 4.15. The molecule has 1 N–H and O–H groups in total. The van der Waals surface area contributed by atoms with Gasteiger partial charge in [0.2, 0.25) is 0 Å². The highest BCUT2D eigenvalue weighted by Crippen LogP contribution is 2.31. The highest BCUT2D eigenvalue weighted by atomic mass is 32.2. The summed E-state index contributed by atoms with van der Waals surface area (Å²) in [6, 6.07) is 15.5. The molecule has 0 saturated heterocycles. The molecule has 4 rings (SSSR count). The van der Waals surface area contributed by atoms with E-state index in [9.17, 15) is 18.0 Å². The van der Waals surface area contributed by atoms with E-state index in [4.69, 9.17) is 4.55 Å². The van der Waals surface area contributed by atoms with E-state index in [0.29, 0.717) is 27.6 Å². The van der Waals surface area contributed by atoms with Crippen LogP contribution in [-0.2, 0) is 10.1 Å². The lowest BCUT2D eigenvalue weighted by atomic mass is 10.1. The van der Waals surface area contributed by atoms with Crippen molar-refractivity contribution in [2.24, 2.45) is 0 Å². The van der Waals surface area contributed by atoms with Crippen molar-refractivity contribution in [3.8, 4) is 0 Å². The SMILES string of the molecule is O=C1c2ccccc2C(=O)N1c1ccc2cc(S(=O)(=O)O)ccc2c1. The van der Waals surface area contributed by atoms with Crippen LogP contribution in [0.1, 0.15) is 20.7 Å². The molecule has 124 valence electrons. The second kappa shape index (κ2) is 5.23. The Hall–Kier alpha value is -3.03. The maximum atomic E-state index is 12.5. The second-order valence-electron chi connectivity index (χ2n) is 5.66. The molecule has 0 aromatic heterocycles. The van der Waals surface area contributed by atoms with Crippen LogP contribution in [0, 0.1) is 0 Å². The normalized spacial score (nSPS) is 14.2. The van der Waals surface area contributed by atoms with Gasteiger partial charge < -0.3 is 0 Å². The Labute approximate surface area is 143 Å². The Morgan fingerprint density at radius 3 is 1.92 bits per heavy atom. The Morgan fingerprint density at radius 2 is 1.32 bits per heavy atom. The fourth-order valence-corrected chi connectivity index (χ4v) is 3.45. The number of amides is 2. The number of anilines is 1. The predicted molar refractivity (Wildman–Crippen MR) is 91.3 cm³/mol. The van der Waals surface area contributed by atoms with Gasteiger partial charge in [-0.05, 0) is 47.2 Å². The van der Waals surface area contributed by atoms with Gasteiger partial charge in [0.1, 0.15) is 0 Å². The van der Waals surface area contributed by atoms with Gasteiger partial charge in [0.15, 0.2) is 0 Å². The third kappa shape index (κ3) is 2.41. The van der Waals surface area contributed by atoms with Crippen LogP contribution in [0.4, 0.5) is 5.69 Å². The fourth-order valence-electron chi connectivity index (χ4n) is 2.93. The first kappa shape index (κ1) is 15.5. The molecule has 25 heavy (non-hydrogen) atoms. The number of imide groups is 1. The van der Waals surface area contributed by atoms with E-state index in [1.165, 1.54) is 18.2 Å². The molecule has 2 amide bonds. The standard InChI is InChI=1S/C18H11NO5S/c20-17-15-3-1-2-4-16(15)18(21)19(17)13-7-5-12-10-14(25(22,23)24)8-6-11(12)9-13/h1-10H,(H,22,23,24). The summed E-state index contributed by atoms with van der Waals surface area (Å²) in [5.74, 6) is -0.788. The molecular weight excluding hydrogens is 342 g/mol. The molecule has 6 nitrogen and oxygen atoms in total. The molecule has 1 aliphatic rings. The average molecular weight is 353 g/mol. The summed E-state index contributed by atoms with van der Waals surface area (Å²) in [5, 5.41) is 1.21. The molecule has 1 aliphatic heterocycles. The summed E-state index contributed by atoms with van der Waals surface area (Å²) < 4.78 is 31.6. The summed E-state index contributed by atoms with van der Waals surface area (Å²) in [5.41, 5.74) is 1.11. The van der Waals surface area contributed by atoms with Gasteiger partial charge in [0.25, 0.3) is 21.9 Å². The Bertz CT molecular complexity index is 1130. The molecule has 0 atom stereocenters. The maximum absolute atomic E-state index is 12.5. The van der Waals surface area contributed by atoms with Gasteiger partial charge in [-0.25, -0.2) is 4.90 Å². The minimum Gasteiger partial charge on any atom is -0.282 e. The van der Waals surface area contributed by atoms with Crippen molar-refractivity contribution >= 4 is 38.4 Å². The van der Waals surface area contributed by atoms with E-state index in [0.717, 1.165) is 4.90 Å². The molecular formula is C18H11NO5S. The van der Waals surface area contributed by atoms with Gasteiger partial charge in [0.05, 0.1) is 21.7 Å². The largest absolute Gasteiger partial charge is 0.294 e. The van der Waals surface area contributed by atoms with Gasteiger partial charge in [-0.15, -0.1) is 0 Å². The summed E-state index contributed by atoms with van der Waals surface area (Å²) >= 11 is 0. The molecule has 3 aromatic carbocycles. The lowest BCUT2D eigenvalue weighted by Crippen LogP contribution is -2.29. The van der Waals surface area contributed by atoms with E-state index >= 15 is 0 Å². The van der Waals surface area contributed by atoms with E-state index in [-0.39, 0.29) is 4.90 Å². The molecule has 0 unspecified atom stereocenters. The Morgan fingerprint density at radius 1 is 0.760 bits per heavy atom. The zero-order valence-corrected chi connectivity index (χ0v) is 13.5. The number of carbonyl (C=O) groups is 2. The van der Waals surface area contributed by atoms with Gasteiger partial charge in [-0.1, -0.05) is 24.3 Å². The van der Waals surface area contributed by atoms with Crippen molar-refractivity contribution in [1.29, 1.82) is 0 Å². The lowest BCUT2D eigenvalue weighted by molar-refractivity contribution is 0.0926. The van der Waals surface area contributed by atoms with Crippen LogP contribution in [0.5, 0.6) is 0 Å². The van der Waals surface area contributed by atoms with Crippen LogP contribution in [0.2, 0.25) is 0 Å². The third-order valence-corrected chi connectivity index (χ3v) is 5.00. The highest BCUT2D eigenvalue weighted by Gasteiger charge is 2.36. The molecule has 3 aromatic rings. The smallest absolute Gasteiger partial charge is 0.282 e. The monoisotopic (exact) mass is 353 g/mol. The number of fused-ring (bicyclic) bond motifs is 2. The zero-order valence-electron chi connectivity index (χ0n) is 12.7. The van der Waals surface area contributed by atoms with E-state index < -0.39 is 21.9 Å². The van der Waals surface area contributed by atoms with Crippen LogP contribution in [0.15, 0.2) is 65.6 Å². The maximum Gasteiger partial charge on any atom is 0.294 e. The lowest BCUT2D eigenvalue weighted by Gasteiger charge is -2.14. The molecule has 7 heteroatoms. The van der Waals surface area contributed by atoms with E-state index in [1.807, 2.05) is 0 Å². The fraction of sp³-hybridized carbons (Fsp3) is 0. The highest BCUT2D eigenvalue weighted by molar-refractivity contribution is 7.85. The van der Waals surface area contributed by atoms with Gasteiger partial charge in [0, 0.05) is 0 Å². The minimum absolute atomic E-state index is 0.214. The van der Waals surface area contributed by atoms with Crippen molar-refractivity contribution in [3.05, 3.63) is 71.8 Å². The molecule has 0 fully saturated rings. The zero-order chi connectivity index (χ0) is 17.8. The van der Waals surface area contributed by atoms with E-state index in [1.54, 1.807) is 42.5 Å². The number of nitrogens with zero attached hydrogens (tertiary/aromatic N) is 1. The van der Waals surface area contributed by atoms with Crippen molar-refractivity contribution in [1.82, 2.24) is 0 Å². The predicted octanol–water partition coefficient (Wildman–Crippen LogP) is 2.89. The van der Waals surface area contributed by atoms with E-state index in [2.05, 4.69) is 0 Å². The first-order valence-electron chi connectivity index (χ1n) is 7.35. The molecule has 1 heterocycles. The van der Waals surface area contributed by atoms with Crippen molar-refractivity contribution in [3.63, 3.8) is 0 Å². The molecule has 0 bridgehead atoms. The number of hydrogen-bond donors (Lipinski definition) is 1. The summed E-state index contributed by atoms with van der Waals surface area (Å²) in [4.78, 5) is 25.9.